The van der Waals surface area contributed by atoms with E-state index in [1.807, 2.05) is 13.8 Å². The predicted octanol–water partition coefficient (Wildman–Crippen LogP) is 2.76. The molecular weight excluding hydrogens is 224 g/mol. The number of anilines is 1. The Kier molecular flexibility index (Phi) is 4.92. The van der Waals surface area contributed by atoms with Crippen molar-refractivity contribution in [2.75, 3.05) is 12.4 Å². The number of allylic oxidation sites excluding steroid dienone is 1. The third-order valence-electron chi connectivity index (χ3n) is 1.90. The van der Waals surface area contributed by atoms with Crippen LogP contribution in [0.1, 0.15) is 19.2 Å². The van der Waals surface area contributed by atoms with Gasteiger partial charge in [0.05, 0.1) is 0 Å². The molecule has 0 saturated heterocycles. The van der Waals surface area contributed by atoms with Crippen molar-refractivity contribution in [1.29, 1.82) is 0 Å². The fourth-order valence-electron chi connectivity index (χ4n) is 1.06. The van der Waals surface area contributed by atoms with Gasteiger partial charge in [-0.3, -0.25) is 4.99 Å². The Morgan fingerprint density at radius 3 is 2.94 bits per heavy atom. The van der Waals surface area contributed by atoms with Crippen molar-refractivity contribution in [2.24, 2.45) is 4.99 Å². The first-order valence-corrected chi connectivity index (χ1v) is 5.43. The molecule has 0 fully saturated rings. The summed E-state index contributed by atoms with van der Waals surface area (Å²) in [7, 11) is 1.70. The van der Waals surface area contributed by atoms with E-state index in [1.54, 1.807) is 25.4 Å². The van der Waals surface area contributed by atoms with Gasteiger partial charge in [0.2, 0.25) is 0 Å². The van der Waals surface area contributed by atoms with Crippen LogP contribution >= 0.6 is 11.6 Å². The summed E-state index contributed by atoms with van der Waals surface area (Å²) < 4.78 is 0. The number of aryl methyl sites for hydroxylation is 1. The zero-order valence-corrected chi connectivity index (χ0v) is 10.4. The van der Waals surface area contributed by atoms with Crippen LogP contribution in [0.5, 0.6) is 0 Å². The van der Waals surface area contributed by atoms with Gasteiger partial charge in [0.1, 0.15) is 17.5 Å². The van der Waals surface area contributed by atoms with Crippen LogP contribution in [0.2, 0.25) is 0 Å². The Balaban J connectivity index is 2.79. The second-order valence-corrected chi connectivity index (χ2v) is 3.65. The number of hydrogen-bond donors (Lipinski definition) is 1. The molecule has 4 nitrogen and oxygen atoms in total. The van der Waals surface area contributed by atoms with Crippen molar-refractivity contribution < 1.29 is 0 Å². The van der Waals surface area contributed by atoms with Gasteiger partial charge in [0, 0.05) is 18.3 Å². The zero-order chi connectivity index (χ0) is 12.0. The third kappa shape index (κ3) is 3.98. The minimum Gasteiger partial charge on any atom is -0.325 e. The Labute approximate surface area is 100 Å². The van der Waals surface area contributed by atoms with E-state index < -0.39 is 0 Å². The number of aliphatic imine (C=N–C) groups is 1. The highest BCUT2D eigenvalue weighted by Gasteiger charge is 1.99. The van der Waals surface area contributed by atoms with Crippen molar-refractivity contribution in [3.63, 3.8) is 0 Å². The minimum absolute atomic E-state index is 0.685. The van der Waals surface area contributed by atoms with E-state index in [4.69, 9.17) is 11.6 Å². The molecule has 5 heteroatoms. The molecule has 0 aliphatic rings. The summed E-state index contributed by atoms with van der Waals surface area (Å²) >= 11 is 5.94. The second-order valence-electron chi connectivity index (χ2n) is 3.17. The molecule has 0 radical (unpaired) electrons. The summed E-state index contributed by atoms with van der Waals surface area (Å²) in [6.07, 6.45) is 4.27. The summed E-state index contributed by atoms with van der Waals surface area (Å²) in [6, 6.07) is 1.78. The molecule has 0 atom stereocenters. The van der Waals surface area contributed by atoms with Crippen molar-refractivity contribution in [3.05, 3.63) is 29.2 Å². The van der Waals surface area contributed by atoms with Gasteiger partial charge >= 0.3 is 0 Å². The van der Waals surface area contributed by atoms with E-state index in [1.165, 1.54) is 0 Å². The van der Waals surface area contributed by atoms with E-state index in [2.05, 4.69) is 20.3 Å². The van der Waals surface area contributed by atoms with E-state index >= 15 is 0 Å². The zero-order valence-electron chi connectivity index (χ0n) is 9.66. The van der Waals surface area contributed by atoms with Gasteiger partial charge < -0.3 is 5.32 Å². The number of rotatable bonds is 3. The molecule has 0 aliphatic carbocycles. The fourth-order valence-corrected chi connectivity index (χ4v) is 1.17. The first-order chi connectivity index (χ1) is 7.65. The fraction of sp³-hybridized carbons (Fsp3) is 0.364. The molecule has 0 aromatic carbocycles. The first kappa shape index (κ1) is 12.6. The lowest BCUT2D eigenvalue weighted by atomic mass is 10.4. The highest BCUT2D eigenvalue weighted by atomic mass is 35.5. The Morgan fingerprint density at radius 2 is 2.38 bits per heavy atom. The standard InChI is InChI=1S/C11H15ClN4/c1-4-9(12)7-11(13-3)16-10-5-6-14-8(2)15-10/h5-7H,4H2,1-3H3,(H,13,14,15,16)/b9-7+. The van der Waals surface area contributed by atoms with Crippen LogP contribution in [-0.2, 0) is 0 Å². The molecule has 1 N–H and O–H groups in total. The Hall–Kier alpha value is -1.42. The highest BCUT2D eigenvalue weighted by Crippen LogP contribution is 2.08. The molecule has 0 bridgehead atoms. The van der Waals surface area contributed by atoms with Gasteiger partial charge in [-0.05, 0) is 25.5 Å². The predicted molar refractivity (Wildman–Crippen MR) is 68.0 cm³/mol. The van der Waals surface area contributed by atoms with E-state index in [9.17, 15) is 0 Å². The monoisotopic (exact) mass is 238 g/mol. The van der Waals surface area contributed by atoms with Crippen LogP contribution in [0.15, 0.2) is 28.4 Å². The van der Waals surface area contributed by atoms with Crippen molar-refractivity contribution in [3.8, 4) is 0 Å². The maximum Gasteiger partial charge on any atom is 0.135 e. The number of nitrogens with zero attached hydrogens (tertiary/aromatic N) is 3. The summed E-state index contributed by atoms with van der Waals surface area (Å²) in [5.74, 6) is 2.11. The summed E-state index contributed by atoms with van der Waals surface area (Å²) in [6.45, 7) is 3.82. The molecule has 0 amide bonds. The molecule has 1 rings (SSSR count). The van der Waals surface area contributed by atoms with Gasteiger partial charge in [0.25, 0.3) is 0 Å². The Morgan fingerprint density at radius 1 is 1.62 bits per heavy atom. The van der Waals surface area contributed by atoms with Gasteiger partial charge in [-0.1, -0.05) is 18.5 Å². The number of amidine groups is 1. The van der Waals surface area contributed by atoms with Crippen molar-refractivity contribution in [2.45, 2.75) is 20.3 Å². The smallest absolute Gasteiger partial charge is 0.135 e. The quantitative estimate of drug-likeness (QED) is 0.651. The molecule has 1 heterocycles. The van der Waals surface area contributed by atoms with Crippen LogP contribution in [-0.4, -0.2) is 22.9 Å². The van der Waals surface area contributed by atoms with Crippen molar-refractivity contribution in [1.82, 2.24) is 9.97 Å². The summed E-state index contributed by atoms with van der Waals surface area (Å²) in [5, 5.41) is 3.82. The number of hydrogen-bond acceptors (Lipinski definition) is 3. The number of halogens is 1. The summed E-state index contributed by atoms with van der Waals surface area (Å²) in [4.78, 5) is 12.3. The largest absolute Gasteiger partial charge is 0.325 e. The van der Waals surface area contributed by atoms with E-state index in [-0.39, 0.29) is 0 Å². The summed E-state index contributed by atoms with van der Waals surface area (Å²) in [5.41, 5.74) is 0. The van der Waals surface area contributed by atoms with Gasteiger partial charge in [-0.2, -0.15) is 0 Å². The van der Waals surface area contributed by atoms with E-state index in [0.29, 0.717) is 17.5 Å². The van der Waals surface area contributed by atoms with Crippen LogP contribution in [0.25, 0.3) is 0 Å². The third-order valence-corrected chi connectivity index (χ3v) is 2.28. The molecule has 16 heavy (non-hydrogen) atoms. The minimum atomic E-state index is 0.685. The molecule has 86 valence electrons. The topological polar surface area (TPSA) is 50.2 Å². The van der Waals surface area contributed by atoms with Crippen molar-refractivity contribution >= 4 is 23.3 Å². The molecule has 0 unspecified atom stereocenters. The molecular formula is C11H15ClN4. The molecule has 0 aliphatic heterocycles. The maximum absolute atomic E-state index is 5.94. The average molecular weight is 239 g/mol. The number of aromatic nitrogens is 2. The van der Waals surface area contributed by atoms with Gasteiger partial charge in [0.15, 0.2) is 0 Å². The van der Waals surface area contributed by atoms with E-state index in [0.717, 1.165) is 11.5 Å². The normalized spacial score (nSPS) is 12.8. The molecule has 1 aromatic heterocycles. The van der Waals surface area contributed by atoms with Crippen LogP contribution in [0, 0.1) is 6.92 Å². The van der Waals surface area contributed by atoms with Crippen LogP contribution in [0.4, 0.5) is 5.82 Å². The SMILES string of the molecule is CC/C(Cl)=C\C(=NC)Nc1ccnc(C)n1. The maximum atomic E-state index is 5.94. The lowest BCUT2D eigenvalue weighted by molar-refractivity contribution is 1.06. The van der Waals surface area contributed by atoms with Crippen LogP contribution < -0.4 is 5.32 Å². The lowest BCUT2D eigenvalue weighted by Gasteiger charge is -2.05. The molecule has 0 saturated carbocycles. The van der Waals surface area contributed by atoms with Gasteiger partial charge in [-0.15, -0.1) is 0 Å². The molecule has 0 spiro atoms. The second kappa shape index (κ2) is 6.23. The highest BCUT2D eigenvalue weighted by molar-refractivity contribution is 6.31. The first-order valence-electron chi connectivity index (χ1n) is 5.05. The Bertz CT molecular complexity index is 412. The van der Waals surface area contributed by atoms with Gasteiger partial charge in [-0.25, -0.2) is 9.97 Å². The average Bonchev–Trinajstić information content (AvgIpc) is 2.28. The van der Waals surface area contributed by atoms with Crippen LogP contribution in [0.3, 0.4) is 0 Å². The molecule has 1 aromatic rings. The number of nitrogens with one attached hydrogen (secondary N) is 1. The lowest BCUT2D eigenvalue weighted by Crippen LogP contribution is -2.11.